The van der Waals surface area contributed by atoms with E-state index in [-0.39, 0.29) is 16.6 Å². The number of aromatic amines is 1. The van der Waals surface area contributed by atoms with E-state index in [9.17, 15) is 14.0 Å². The van der Waals surface area contributed by atoms with Crippen molar-refractivity contribution in [2.45, 2.75) is 6.92 Å². The third-order valence-corrected chi connectivity index (χ3v) is 2.35. The first-order valence-corrected chi connectivity index (χ1v) is 4.26. The van der Waals surface area contributed by atoms with Gasteiger partial charge in [0, 0.05) is 12.6 Å². The van der Waals surface area contributed by atoms with Gasteiger partial charge in [0.05, 0.1) is 11.7 Å². The van der Waals surface area contributed by atoms with Crippen molar-refractivity contribution in [3.8, 4) is 0 Å². The lowest BCUT2D eigenvalue weighted by Gasteiger charge is -2.05. The maximum Gasteiger partial charge on any atom is 0.288 e. The predicted octanol–water partition coefficient (Wildman–Crippen LogP) is 0.0693. The predicted molar refractivity (Wildman–Crippen MR) is 52.3 cm³/mol. The second-order valence-electron chi connectivity index (χ2n) is 3.23. The monoisotopic (exact) mass is 209 g/mol. The first-order valence-electron chi connectivity index (χ1n) is 4.26. The first-order chi connectivity index (χ1) is 7.04. The Morgan fingerprint density at radius 2 is 2.13 bits per heavy atom. The highest BCUT2D eigenvalue weighted by atomic mass is 19.1. The zero-order valence-corrected chi connectivity index (χ0v) is 8.17. The average molecular weight is 209 g/mol. The molecule has 78 valence electrons. The van der Waals surface area contributed by atoms with E-state index in [1.807, 2.05) is 0 Å². The summed E-state index contributed by atoms with van der Waals surface area (Å²) >= 11 is 0. The molecule has 6 heteroatoms. The Labute approximate surface area is 83.2 Å². The molecule has 0 bridgehead atoms. The topological polar surface area (TPSA) is 67.8 Å². The first kappa shape index (κ1) is 9.57. The average Bonchev–Trinajstić information content (AvgIpc) is 2.23. The van der Waals surface area contributed by atoms with Gasteiger partial charge in [-0.3, -0.25) is 14.2 Å². The molecule has 2 aromatic heterocycles. The lowest BCUT2D eigenvalue weighted by atomic mass is 10.2. The molecule has 2 aromatic rings. The van der Waals surface area contributed by atoms with Gasteiger partial charge in [0.15, 0.2) is 5.82 Å². The molecule has 0 amide bonds. The Balaban J connectivity index is 3.23. The van der Waals surface area contributed by atoms with Gasteiger partial charge in [-0.1, -0.05) is 0 Å². The molecule has 5 nitrogen and oxygen atoms in total. The van der Waals surface area contributed by atoms with E-state index >= 15 is 0 Å². The van der Waals surface area contributed by atoms with Crippen LogP contribution >= 0.6 is 0 Å². The molecule has 0 radical (unpaired) electrons. The van der Waals surface area contributed by atoms with E-state index in [0.717, 1.165) is 4.57 Å². The van der Waals surface area contributed by atoms with E-state index in [4.69, 9.17) is 0 Å². The molecule has 0 atom stereocenters. The summed E-state index contributed by atoms with van der Waals surface area (Å²) in [4.78, 5) is 29.0. The molecule has 0 fully saturated rings. The van der Waals surface area contributed by atoms with Crippen molar-refractivity contribution in [1.82, 2.24) is 14.5 Å². The minimum atomic E-state index is -0.913. The van der Waals surface area contributed by atoms with Gasteiger partial charge in [0.25, 0.3) is 11.1 Å². The normalized spacial score (nSPS) is 10.9. The SMILES string of the molecule is Cc1c(F)c(=O)n(C)c2nc[nH]c(=O)c12. The Bertz CT molecular complexity index is 657. The number of nitrogens with one attached hydrogen (secondary N) is 1. The molecule has 0 saturated carbocycles. The number of H-pyrrole nitrogens is 1. The summed E-state index contributed by atoms with van der Waals surface area (Å²) in [7, 11) is 1.37. The number of aryl methyl sites for hydroxylation is 2. The fourth-order valence-corrected chi connectivity index (χ4v) is 1.50. The molecule has 0 aliphatic heterocycles. The van der Waals surface area contributed by atoms with Crippen LogP contribution in [-0.4, -0.2) is 14.5 Å². The number of hydrogen-bond donors (Lipinski definition) is 1. The molecule has 2 rings (SSSR count). The molecule has 0 saturated heterocycles. The molecule has 0 aliphatic rings. The highest BCUT2D eigenvalue weighted by Crippen LogP contribution is 2.10. The number of halogens is 1. The Morgan fingerprint density at radius 1 is 1.47 bits per heavy atom. The summed E-state index contributed by atoms with van der Waals surface area (Å²) < 4.78 is 14.4. The number of aromatic nitrogens is 3. The Kier molecular flexibility index (Phi) is 1.92. The quantitative estimate of drug-likeness (QED) is 0.667. The van der Waals surface area contributed by atoms with Crippen molar-refractivity contribution < 1.29 is 4.39 Å². The van der Waals surface area contributed by atoms with Crippen molar-refractivity contribution in [3.63, 3.8) is 0 Å². The summed E-state index contributed by atoms with van der Waals surface area (Å²) in [6, 6.07) is 0. The van der Waals surface area contributed by atoms with Gasteiger partial charge in [-0.25, -0.2) is 9.37 Å². The van der Waals surface area contributed by atoms with Crippen molar-refractivity contribution in [3.05, 3.63) is 38.4 Å². The second kappa shape index (κ2) is 3.01. The summed E-state index contributed by atoms with van der Waals surface area (Å²) in [6.07, 6.45) is 1.18. The maximum absolute atomic E-state index is 13.4. The van der Waals surface area contributed by atoms with Gasteiger partial charge in [0.2, 0.25) is 0 Å². The molecule has 15 heavy (non-hydrogen) atoms. The number of hydrogen-bond acceptors (Lipinski definition) is 3. The highest BCUT2D eigenvalue weighted by Gasteiger charge is 2.14. The molecule has 0 spiro atoms. The van der Waals surface area contributed by atoms with Gasteiger partial charge < -0.3 is 4.98 Å². The number of nitrogens with zero attached hydrogens (tertiary/aromatic N) is 2. The van der Waals surface area contributed by atoms with Crippen LogP contribution in [0.2, 0.25) is 0 Å². The summed E-state index contributed by atoms with van der Waals surface area (Å²) in [5.74, 6) is -0.913. The highest BCUT2D eigenvalue weighted by molar-refractivity contribution is 5.77. The molecular weight excluding hydrogens is 201 g/mol. The van der Waals surface area contributed by atoms with Crippen LogP contribution in [0.4, 0.5) is 4.39 Å². The third kappa shape index (κ3) is 1.18. The Morgan fingerprint density at radius 3 is 2.80 bits per heavy atom. The lowest BCUT2D eigenvalue weighted by molar-refractivity contribution is 0.587. The number of pyridine rings is 1. The molecule has 2 heterocycles. The zero-order chi connectivity index (χ0) is 11.2. The van der Waals surface area contributed by atoms with Crippen molar-refractivity contribution in [2.75, 3.05) is 0 Å². The van der Waals surface area contributed by atoms with Crippen LogP contribution in [0.25, 0.3) is 11.0 Å². The lowest BCUT2D eigenvalue weighted by Crippen LogP contribution is -2.25. The minimum Gasteiger partial charge on any atom is -0.312 e. The fraction of sp³-hybridized carbons (Fsp3) is 0.222. The summed E-state index contributed by atoms with van der Waals surface area (Å²) in [5.41, 5.74) is -1.02. The molecule has 0 aromatic carbocycles. The molecule has 0 aliphatic carbocycles. The van der Waals surface area contributed by atoms with E-state index in [1.54, 1.807) is 0 Å². The fourth-order valence-electron chi connectivity index (χ4n) is 1.50. The van der Waals surface area contributed by atoms with Crippen molar-refractivity contribution >= 4 is 11.0 Å². The van der Waals surface area contributed by atoms with Crippen LogP contribution in [0.5, 0.6) is 0 Å². The van der Waals surface area contributed by atoms with Crippen molar-refractivity contribution in [2.24, 2.45) is 7.05 Å². The standard InChI is InChI=1S/C9H8FN3O2/c1-4-5-7(11-3-12-8(5)14)13(2)9(15)6(4)10/h3H,1-2H3,(H,11,12,14). The smallest absolute Gasteiger partial charge is 0.288 e. The van der Waals surface area contributed by atoms with Crippen molar-refractivity contribution in [1.29, 1.82) is 0 Å². The van der Waals surface area contributed by atoms with Gasteiger partial charge >= 0.3 is 0 Å². The molecular formula is C9H8FN3O2. The molecule has 1 N–H and O–H groups in total. The third-order valence-electron chi connectivity index (χ3n) is 2.35. The second-order valence-corrected chi connectivity index (χ2v) is 3.23. The molecule has 0 unspecified atom stereocenters. The van der Waals surface area contributed by atoms with Crippen LogP contribution in [0, 0.1) is 12.7 Å². The summed E-state index contributed by atoms with van der Waals surface area (Å²) in [6.45, 7) is 1.38. The largest absolute Gasteiger partial charge is 0.312 e. The Hall–Kier alpha value is -1.98. The van der Waals surface area contributed by atoms with E-state index in [0.29, 0.717) is 0 Å². The van der Waals surface area contributed by atoms with Gasteiger partial charge in [-0.05, 0) is 6.92 Å². The number of rotatable bonds is 0. The van der Waals surface area contributed by atoms with Crippen LogP contribution in [-0.2, 0) is 7.05 Å². The zero-order valence-electron chi connectivity index (χ0n) is 8.17. The minimum absolute atomic E-state index is 0.0300. The van der Waals surface area contributed by atoms with Gasteiger partial charge in [-0.2, -0.15) is 0 Å². The van der Waals surface area contributed by atoms with E-state index in [1.165, 1.54) is 20.3 Å². The van der Waals surface area contributed by atoms with Crippen LogP contribution in [0.1, 0.15) is 5.56 Å². The summed E-state index contributed by atoms with van der Waals surface area (Å²) in [5, 5.41) is 0.108. The van der Waals surface area contributed by atoms with E-state index in [2.05, 4.69) is 9.97 Å². The van der Waals surface area contributed by atoms with Gasteiger partial charge in [-0.15, -0.1) is 0 Å². The van der Waals surface area contributed by atoms with E-state index < -0.39 is 16.9 Å². The van der Waals surface area contributed by atoms with Gasteiger partial charge in [0.1, 0.15) is 5.65 Å². The van der Waals surface area contributed by atoms with Crippen LogP contribution in [0.15, 0.2) is 15.9 Å². The van der Waals surface area contributed by atoms with Crippen LogP contribution in [0.3, 0.4) is 0 Å². The number of fused-ring (bicyclic) bond motifs is 1. The maximum atomic E-state index is 13.4. The van der Waals surface area contributed by atoms with Crippen LogP contribution < -0.4 is 11.1 Å².